The van der Waals surface area contributed by atoms with Crippen LogP contribution in [-0.4, -0.2) is 57.6 Å². The summed E-state index contributed by atoms with van der Waals surface area (Å²) in [6.07, 6.45) is 3.22. The van der Waals surface area contributed by atoms with Gasteiger partial charge in [-0.05, 0) is 47.8 Å². The fourth-order valence-electron chi connectivity index (χ4n) is 6.29. The second kappa shape index (κ2) is 7.36. The molecule has 0 N–H and O–H groups in total. The molecule has 1 aromatic carbocycles. The van der Waals surface area contributed by atoms with Crippen LogP contribution in [0.3, 0.4) is 0 Å². The number of amides is 2. The van der Waals surface area contributed by atoms with Crippen LogP contribution in [0.15, 0.2) is 30.3 Å². The topological polar surface area (TPSA) is 67.7 Å². The number of aromatic nitrogens is 2. The molecule has 5 rings (SSSR count). The fraction of sp³-hybridized carbons (Fsp3) is 0.560. The number of carbonyl (C=O) groups is 2. The minimum Gasteiger partial charge on any atom is -0.497 e. The van der Waals surface area contributed by atoms with E-state index in [0.29, 0.717) is 31.0 Å². The highest BCUT2D eigenvalue weighted by atomic mass is 16.5. The Balaban J connectivity index is 1.33. The Morgan fingerprint density at radius 2 is 1.91 bits per heavy atom. The third-order valence-corrected chi connectivity index (χ3v) is 7.30. The Morgan fingerprint density at radius 1 is 1.16 bits per heavy atom. The van der Waals surface area contributed by atoms with Crippen LogP contribution in [0.5, 0.6) is 5.75 Å². The van der Waals surface area contributed by atoms with Crippen LogP contribution >= 0.6 is 0 Å². The zero-order valence-electron chi connectivity index (χ0n) is 19.4. The van der Waals surface area contributed by atoms with Crippen molar-refractivity contribution in [3.8, 4) is 5.75 Å². The molecule has 1 saturated carbocycles. The molecule has 2 aromatic rings. The summed E-state index contributed by atoms with van der Waals surface area (Å²) in [4.78, 5) is 30.4. The van der Waals surface area contributed by atoms with Gasteiger partial charge >= 0.3 is 0 Å². The molecule has 7 heteroatoms. The van der Waals surface area contributed by atoms with Crippen molar-refractivity contribution >= 4 is 11.8 Å². The average Bonchev–Trinajstić information content (AvgIpc) is 3.28. The lowest BCUT2D eigenvalue weighted by Crippen LogP contribution is -2.39. The van der Waals surface area contributed by atoms with E-state index in [9.17, 15) is 9.59 Å². The zero-order valence-corrected chi connectivity index (χ0v) is 19.4. The number of benzene rings is 1. The first kappa shape index (κ1) is 21.0. The molecule has 2 atom stereocenters. The number of ether oxygens (including phenoxy) is 1. The van der Waals surface area contributed by atoms with Crippen molar-refractivity contribution in [1.82, 2.24) is 19.6 Å². The lowest BCUT2D eigenvalue weighted by atomic mass is 9.65. The largest absolute Gasteiger partial charge is 0.497 e. The lowest BCUT2D eigenvalue weighted by molar-refractivity contribution is 0.0675. The molecule has 1 saturated heterocycles. The van der Waals surface area contributed by atoms with Crippen molar-refractivity contribution in [2.24, 2.45) is 10.8 Å². The first-order valence-electron chi connectivity index (χ1n) is 11.5. The maximum atomic E-state index is 13.4. The number of methoxy groups -OCH3 is 1. The van der Waals surface area contributed by atoms with E-state index in [0.717, 1.165) is 37.1 Å². The molecule has 2 bridgehead atoms. The van der Waals surface area contributed by atoms with Gasteiger partial charge in [0.05, 0.1) is 13.7 Å². The smallest absolute Gasteiger partial charge is 0.274 e. The number of likely N-dealkylation sites (tertiary alicyclic amines) is 1. The summed E-state index contributed by atoms with van der Waals surface area (Å²) in [5.74, 6) is 0.684. The summed E-state index contributed by atoms with van der Waals surface area (Å²) >= 11 is 0. The first-order valence-corrected chi connectivity index (χ1v) is 11.5. The Kier molecular flexibility index (Phi) is 4.84. The molecule has 2 aliphatic heterocycles. The molecule has 7 nitrogen and oxygen atoms in total. The molecule has 1 aromatic heterocycles. The van der Waals surface area contributed by atoms with E-state index in [1.165, 1.54) is 0 Å². The van der Waals surface area contributed by atoms with Crippen LogP contribution in [0.4, 0.5) is 0 Å². The molecule has 3 aliphatic rings. The normalized spacial score (nSPS) is 26.2. The molecule has 2 fully saturated rings. The van der Waals surface area contributed by atoms with Crippen molar-refractivity contribution < 1.29 is 14.3 Å². The highest BCUT2D eigenvalue weighted by Crippen LogP contribution is 2.52. The summed E-state index contributed by atoms with van der Waals surface area (Å²) < 4.78 is 6.91. The molecule has 2 amide bonds. The Bertz CT molecular complexity index is 1060. The van der Waals surface area contributed by atoms with Gasteiger partial charge in [-0.3, -0.25) is 14.3 Å². The van der Waals surface area contributed by atoms with Gasteiger partial charge in [0.15, 0.2) is 5.69 Å². The second-order valence-electron chi connectivity index (χ2n) is 10.9. The van der Waals surface area contributed by atoms with E-state index < -0.39 is 0 Å². The highest BCUT2D eigenvalue weighted by molar-refractivity contribution is 5.98. The van der Waals surface area contributed by atoms with E-state index >= 15 is 0 Å². The summed E-state index contributed by atoms with van der Waals surface area (Å²) in [5.41, 5.74) is 2.36. The van der Waals surface area contributed by atoms with Crippen LogP contribution < -0.4 is 4.74 Å². The Hall–Kier alpha value is -2.83. The molecule has 1 aliphatic carbocycles. The van der Waals surface area contributed by atoms with Gasteiger partial charge in [-0.25, -0.2) is 0 Å². The van der Waals surface area contributed by atoms with Crippen molar-refractivity contribution in [2.75, 3.05) is 20.2 Å². The van der Waals surface area contributed by atoms with Crippen LogP contribution in [0.2, 0.25) is 0 Å². The fourth-order valence-corrected chi connectivity index (χ4v) is 6.29. The van der Waals surface area contributed by atoms with Gasteiger partial charge in [-0.15, -0.1) is 0 Å². The quantitative estimate of drug-likeness (QED) is 0.735. The Labute approximate surface area is 189 Å². The van der Waals surface area contributed by atoms with E-state index in [1.807, 2.05) is 34.1 Å². The minimum atomic E-state index is -0.0770. The van der Waals surface area contributed by atoms with Crippen LogP contribution in [0, 0.1) is 10.8 Å². The first-order chi connectivity index (χ1) is 15.2. The van der Waals surface area contributed by atoms with Crippen LogP contribution in [-0.2, 0) is 13.1 Å². The zero-order chi connectivity index (χ0) is 22.7. The lowest BCUT2D eigenvalue weighted by Gasteiger charge is -2.39. The SMILES string of the molecule is COc1ccc(CN2CCn3nc(C(=O)N4CC5(C)CC4CC(C)(C)C5)cc3C2=O)cc1. The maximum absolute atomic E-state index is 13.4. The molecule has 3 heterocycles. The minimum absolute atomic E-state index is 0.0344. The summed E-state index contributed by atoms with van der Waals surface area (Å²) in [5, 5.41) is 4.54. The highest BCUT2D eigenvalue weighted by Gasteiger charge is 2.51. The van der Waals surface area contributed by atoms with Crippen molar-refractivity contribution in [2.45, 2.75) is 59.2 Å². The van der Waals surface area contributed by atoms with Gasteiger partial charge in [0.1, 0.15) is 11.4 Å². The summed E-state index contributed by atoms with van der Waals surface area (Å²) in [6, 6.07) is 9.71. The molecule has 170 valence electrons. The summed E-state index contributed by atoms with van der Waals surface area (Å²) in [7, 11) is 1.64. The number of hydrogen-bond acceptors (Lipinski definition) is 4. The van der Waals surface area contributed by atoms with Crippen molar-refractivity contribution in [3.63, 3.8) is 0 Å². The third kappa shape index (κ3) is 3.67. The van der Waals surface area contributed by atoms with Gasteiger partial charge in [-0.2, -0.15) is 5.10 Å². The molecule has 32 heavy (non-hydrogen) atoms. The maximum Gasteiger partial charge on any atom is 0.274 e. The van der Waals surface area contributed by atoms with Gasteiger partial charge in [0, 0.05) is 31.7 Å². The standard InChI is InChI=1S/C25H32N4O3/c1-24(2)12-18-13-25(3,15-24)16-28(18)22(30)20-11-21-23(31)27(9-10-29(21)26-20)14-17-5-7-19(32-4)8-6-17/h5-8,11,18H,9-10,12-16H2,1-4H3. The number of carbonyl (C=O) groups excluding carboxylic acids is 2. The van der Waals surface area contributed by atoms with Gasteiger partial charge in [0.2, 0.25) is 0 Å². The number of hydrogen-bond donors (Lipinski definition) is 0. The molecular weight excluding hydrogens is 404 g/mol. The van der Waals surface area contributed by atoms with Crippen molar-refractivity contribution in [3.05, 3.63) is 47.3 Å². The summed E-state index contributed by atoms with van der Waals surface area (Å²) in [6.45, 7) is 9.38. The predicted molar refractivity (Wildman–Crippen MR) is 121 cm³/mol. The van der Waals surface area contributed by atoms with Crippen LogP contribution in [0.25, 0.3) is 0 Å². The second-order valence-corrected chi connectivity index (χ2v) is 10.9. The van der Waals surface area contributed by atoms with Crippen LogP contribution in [0.1, 0.15) is 66.6 Å². The predicted octanol–water partition coefficient (Wildman–Crippen LogP) is 3.59. The third-order valence-electron chi connectivity index (χ3n) is 7.30. The molecular formula is C25H32N4O3. The number of rotatable bonds is 4. The van der Waals surface area contributed by atoms with Crippen molar-refractivity contribution in [1.29, 1.82) is 0 Å². The van der Waals surface area contributed by atoms with E-state index in [2.05, 4.69) is 25.9 Å². The average molecular weight is 437 g/mol. The van der Waals surface area contributed by atoms with E-state index in [4.69, 9.17) is 4.74 Å². The molecule has 0 radical (unpaired) electrons. The molecule has 2 unspecified atom stereocenters. The van der Waals surface area contributed by atoms with E-state index in [-0.39, 0.29) is 28.7 Å². The Morgan fingerprint density at radius 3 is 2.62 bits per heavy atom. The van der Waals surface area contributed by atoms with Gasteiger partial charge in [-0.1, -0.05) is 32.9 Å². The molecule has 0 spiro atoms. The van der Waals surface area contributed by atoms with Gasteiger partial charge in [0.25, 0.3) is 11.8 Å². The number of fused-ring (bicyclic) bond motifs is 3. The monoisotopic (exact) mass is 436 g/mol. The van der Waals surface area contributed by atoms with Gasteiger partial charge < -0.3 is 14.5 Å². The number of nitrogens with zero attached hydrogens (tertiary/aromatic N) is 4. The van der Waals surface area contributed by atoms with E-state index in [1.54, 1.807) is 17.9 Å².